The summed E-state index contributed by atoms with van der Waals surface area (Å²) in [5.41, 5.74) is 13.6. The maximum Gasteiger partial charge on any atom is 0.203 e. The Labute approximate surface area is 779 Å². The molecule has 2 aliphatic heterocycles. The Morgan fingerprint density at radius 1 is 0.233 bits per heavy atom. The van der Waals surface area contributed by atoms with Gasteiger partial charge >= 0.3 is 0 Å². The first-order chi connectivity index (χ1) is 63.7. The molecule has 8 bridgehead atoms. The third-order valence-electron chi connectivity index (χ3n) is 24.5. The molecule has 2 aliphatic rings. The van der Waals surface area contributed by atoms with Crippen molar-refractivity contribution in [1.29, 1.82) is 0 Å². The Bertz CT molecular complexity index is 4320. The standard InChI is InChI=1S/C114H168N4O11/c1-11-21-31-49-74-121-102-83-90(84-103(122-75-50-32-22-12-2)112(102)127-80-55-37-27-17-7)109-96-65-63-94(115-96)108(89-59-61-93(62-60-89)120-73-58-47-45-43-41-40-42-44-46-48-72-119-71-30-20-10)95-64-66-97(116-95)110(91-85-104(123-76-51-33-23-13-3)113(128-81-56-38-28-18-8)105(86-91)124-77-52-34-24-14-4)99-68-70-101(118-99)111(100-69-67-98(109)117-100)92-87-106(125-78-53-35-25-15-5)114(129-82-57-39-29-19-9)107(88-92)126-79-54-36-26-16-6/h20,59-70,83-88,115,118H,10-19,21-58,71-82H2,1-9H3. The van der Waals surface area contributed by atoms with Crippen LogP contribution in [-0.4, -0.2) is 99.2 Å². The molecule has 15 heteroatoms. The highest BCUT2D eigenvalue weighted by Crippen LogP contribution is 2.50. The van der Waals surface area contributed by atoms with Gasteiger partial charge in [-0.3, -0.25) is 0 Å². The number of H-pyrrole nitrogens is 2. The number of hydrogen-bond donors (Lipinski definition) is 2. The number of fused-ring (bicyclic) bond motifs is 8. The Balaban J connectivity index is 1.34. The molecule has 5 heterocycles. The van der Waals surface area contributed by atoms with Crippen molar-refractivity contribution in [3.05, 3.63) is 120 Å². The fourth-order valence-corrected chi connectivity index (χ4v) is 16.9. The molecule has 0 fully saturated rings. The Kier molecular flexibility index (Phi) is 51.0. The number of rotatable bonds is 75. The van der Waals surface area contributed by atoms with Gasteiger partial charge in [-0.25, -0.2) is 9.97 Å². The van der Waals surface area contributed by atoms with Crippen molar-refractivity contribution < 1.29 is 52.1 Å². The molecule has 9 rings (SSSR count). The first-order valence-corrected chi connectivity index (χ1v) is 52.0. The summed E-state index contributed by atoms with van der Waals surface area (Å²) >= 11 is 0. The van der Waals surface area contributed by atoms with Crippen LogP contribution in [0.25, 0.3) is 90.9 Å². The molecule has 0 saturated heterocycles. The highest BCUT2D eigenvalue weighted by atomic mass is 16.6. The lowest BCUT2D eigenvalue weighted by atomic mass is 10.0. The number of hydrogen-bond acceptors (Lipinski definition) is 13. The SMILES string of the molecule is C=CCCOCCCCCCCCCCCCOc1ccc(-c2c3nc(c(-c4cc(OCCCCCC)c(OCCCCCC)c(OCCCCCC)c4)c4ccc([nH]4)c(-c4cc(OCCCCCC)c(OCCCCCC)c(OCCCCCC)c4)c4nc(c(-c5cc(OCCCCCC)c(OCCCCCC)c(OCCCCCC)c5)c5ccc2[nH]5)C=C4)C=C3)cc1. The molecule has 710 valence electrons. The predicted octanol–water partition coefficient (Wildman–Crippen LogP) is 33.8. The van der Waals surface area contributed by atoms with Crippen LogP contribution in [0, 0.1) is 0 Å². The minimum Gasteiger partial charge on any atom is -0.494 e. The van der Waals surface area contributed by atoms with Gasteiger partial charge in [-0.2, -0.15) is 0 Å². The summed E-state index contributed by atoms with van der Waals surface area (Å²) < 4.78 is 75.9. The quantitative estimate of drug-likeness (QED) is 0.0274. The Hall–Kier alpha value is -8.82. The summed E-state index contributed by atoms with van der Waals surface area (Å²) in [5.74, 6) is 6.75. The van der Waals surface area contributed by atoms with Crippen LogP contribution >= 0.6 is 0 Å². The molecule has 2 N–H and O–H groups in total. The van der Waals surface area contributed by atoms with E-state index >= 15 is 0 Å². The second-order valence-corrected chi connectivity index (χ2v) is 35.7. The van der Waals surface area contributed by atoms with E-state index in [-0.39, 0.29) is 0 Å². The van der Waals surface area contributed by atoms with Crippen molar-refractivity contribution in [3.63, 3.8) is 0 Å². The highest BCUT2D eigenvalue weighted by Gasteiger charge is 2.27. The topological polar surface area (TPSA) is 159 Å². The maximum atomic E-state index is 7.11. The van der Waals surface area contributed by atoms with E-state index in [1.807, 2.05) is 6.08 Å². The lowest BCUT2D eigenvalue weighted by Gasteiger charge is -2.20. The van der Waals surface area contributed by atoms with E-state index in [2.05, 4.69) is 188 Å². The van der Waals surface area contributed by atoms with Gasteiger partial charge < -0.3 is 62.1 Å². The predicted molar refractivity (Wildman–Crippen MR) is 545 cm³/mol. The second-order valence-electron chi connectivity index (χ2n) is 35.7. The van der Waals surface area contributed by atoms with E-state index in [1.165, 1.54) is 44.9 Å². The zero-order valence-corrected chi connectivity index (χ0v) is 81.8. The first kappa shape index (κ1) is 104. The lowest BCUT2D eigenvalue weighted by molar-refractivity contribution is 0.134. The van der Waals surface area contributed by atoms with Crippen LogP contribution < -0.4 is 47.4 Å². The zero-order valence-electron chi connectivity index (χ0n) is 81.8. The third-order valence-corrected chi connectivity index (χ3v) is 24.5. The number of aromatic amines is 2. The summed E-state index contributed by atoms with van der Waals surface area (Å²) in [6.45, 7) is 31.2. The van der Waals surface area contributed by atoms with E-state index in [9.17, 15) is 0 Å². The minimum absolute atomic E-state index is 0.528. The highest BCUT2D eigenvalue weighted by molar-refractivity contribution is 6.01. The van der Waals surface area contributed by atoms with Crippen molar-refractivity contribution >= 4 is 46.4 Å². The molecule has 4 aromatic carbocycles. The normalized spacial score (nSPS) is 11.7. The minimum atomic E-state index is 0.528. The third kappa shape index (κ3) is 35.7. The summed E-state index contributed by atoms with van der Waals surface area (Å²) in [6.07, 6.45) is 62.0. The van der Waals surface area contributed by atoms with E-state index in [1.54, 1.807) is 0 Å². The largest absolute Gasteiger partial charge is 0.494 e. The van der Waals surface area contributed by atoms with Crippen LogP contribution in [0.3, 0.4) is 0 Å². The molecule has 0 unspecified atom stereocenters. The molecule has 0 aliphatic carbocycles. The maximum absolute atomic E-state index is 7.11. The summed E-state index contributed by atoms with van der Waals surface area (Å²) in [5, 5.41) is 0. The number of ether oxygens (including phenoxy) is 11. The average molecular weight is 1770 g/mol. The average Bonchev–Trinajstić information content (AvgIpc) is 1.62. The zero-order chi connectivity index (χ0) is 90.8. The Morgan fingerprint density at radius 2 is 0.450 bits per heavy atom. The molecule has 0 atom stereocenters. The first-order valence-electron chi connectivity index (χ1n) is 52.0. The van der Waals surface area contributed by atoms with Gasteiger partial charge in [0.15, 0.2) is 34.5 Å². The number of nitrogens with one attached hydrogen (secondary N) is 2. The summed E-state index contributed by atoms with van der Waals surface area (Å²) in [7, 11) is 0. The van der Waals surface area contributed by atoms with Crippen LogP contribution in [0.4, 0.5) is 0 Å². The monoisotopic (exact) mass is 1770 g/mol. The van der Waals surface area contributed by atoms with E-state index in [4.69, 9.17) is 62.1 Å². The molecule has 0 saturated carbocycles. The number of unbranched alkanes of at least 4 members (excludes halogenated alkanes) is 36. The van der Waals surface area contributed by atoms with Gasteiger partial charge in [-0.15, -0.1) is 6.58 Å². The molecular weight excluding hydrogens is 1600 g/mol. The molecule has 15 nitrogen and oxygen atoms in total. The van der Waals surface area contributed by atoms with Crippen molar-refractivity contribution in [2.24, 2.45) is 0 Å². The van der Waals surface area contributed by atoms with Gasteiger partial charge in [0.05, 0.1) is 88.8 Å². The van der Waals surface area contributed by atoms with E-state index in [0.717, 1.165) is 365 Å². The molecule has 7 aromatic rings. The van der Waals surface area contributed by atoms with Crippen LogP contribution in [0.5, 0.6) is 57.5 Å². The van der Waals surface area contributed by atoms with Crippen molar-refractivity contribution in [2.75, 3.05) is 79.3 Å². The summed E-state index contributed by atoms with van der Waals surface area (Å²) in [4.78, 5) is 20.2. The molecule has 0 amide bonds. The van der Waals surface area contributed by atoms with Gasteiger partial charge in [0.2, 0.25) is 17.2 Å². The molecule has 0 radical (unpaired) electrons. The van der Waals surface area contributed by atoms with Crippen molar-refractivity contribution in [1.82, 2.24) is 19.9 Å². The van der Waals surface area contributed by atoms with Crippen LogP contribution in [0.2, 0.25) is 0 Å². The van der Waals surface area contributed by atoms with Crippen molar-refractivity contribution in [3.8, 4) is 102 Å². The van der Waals surface area contributed by atoms with Gasteiger partial charge in [0, 0.05) is 57.5 Å². The van der Waals surface area contributed by atoms with E-state index < -0.39 is 0 Å². The van der Waals surface area contributed by atoms with Crippen LogP contribution in [-0.2, 0) is 4.74 Å². The molecular formula is C114H168N4O11. The second kappa shape index (κ2) is 63.3. The Morgan fingerprint density at radius 3 is 0.698 bits per heavy atom. The smallest absolute Gasteiger partial charge is 0.203 e. The molecule has 3 aromatic heterocycles. The van der Waals surface area contributed by atoms with Gasteiger partial charge in [-0.05, 0) is 196 Å². The fourth-order valence-electron chi connectivity index (χ4n) is 16.9. The van der Waals surface area contributed by atoms with Gasteiger partial charge in [0.1, 0.15) is 5.75 Å². The van der Waals surface area contributed by atoms with Crippen molar-refractivity contribution in [2.45, 2.75) is 364 Å². The van der Waals surface area contributed by atoms with E-state index in [0.29, 0.717) is 118 Å². The number of nitrogens with zero attached hydrogens (tertiary/aromatic N) is 2. The van der Waals surface area contributed by atoms with Crippen LogP contribution in [0.15, 0.2) is 97.6 Å². The lowest BCUT2D eigenvalue weighted by Crippen LogP contribution is -2.07. The van der Waals surface area contributed by atoms with Crippen LogP contribution in [0.1, 0.15) is 387 Å². The van der Waals surface area contributed by atoms with Gasteiger partial charge in [0.25, 0.3) is 0 Å². The number of benzene rings is 4. The summed E-state index contributed by atoms with van der Waals surface area (Å²) in [6, 6.07) is 30.6. The fraction of sp³-hybridized carbons (Fsp3) is 0.596. The molecule has 129 heavy (non-hydrogen) atoms. The molecule has 0 spiro atoms. The van der Waals surface area contributed by atoms with Gasteiger partial charge in [-0.1, -0.05) is 305 Å². The number of aromatic nitrogens is 4.